The average Bonchev–Trinajstić information content (AvgIpc) is 2.66. The van der Waals surface area contributed by atoms with Gasteiger partial charge in [0, 0.05) is 18.8 Å². The Kier molecular flexibility index (Phi) is 6.15. The van der Waals surface area contributed by atoms with Crippen molar-refractivity contribution >= 4 is 5.91 Å². The van der Waals surface area contributed by atoms with Crippen molar-refractivity contribution in [2.75, 3.05) is 0 Å². The van der Waals surface area contributed by atoms with E-state index in [0.717, 1.165) is 11.1 Å². The van der Waals surface area contributed by atoms with Gasteiger partial charge in [-0.3, -0.25) is 4.79 Å². The summed E-state index contributed by atoms with van der Waals surface area (Å²) in [6.07, 6.45) is 1.79. The topological polar surface area (TPSA) is 51.2 Å². The second-order valence-electron chi connectivity index (χ2n) is 6.36. The molecular weight excluding hydrogens is 343 g/mol. The molecule has 0 spiro atoms. The molecule has 1 amide bonds. The summed E-state index contributed by atoms with van der Waals surface area (Å²) in [5.74, 6) is -0.00297. The Labute approximate surface area is 158 Å². The number of halogens is 1. The minimum atomic E-state index is -0.343. The molecule has 3 aromatic rings. The third-order valence-electron chi connectivity index (χ3n) is 4.05. The van der Waals surface area contributed by atoms with E-state index in [-0.39, 0.29) is 18.1 Å². The van der Waals surface area contributed by atoms with Gasteiger partial charge in [0.05, 0.1) is 6.42 Å². The van der Waals surface area contributed by atoms with E-state index in [9.17, 15) is 9.18 Å². The Morgan fingerprint density at radius 3 is 2.63 bits per heavy atom. The molecule has 27 heavy (non-hydrogen) atoms. The summed E-state index contributed by atoms with van der Waals surface area (Å²) in [6, 6.07) is 17.8. The fourth-order valence-electron chi connectivity index (χ4n) is 2.58. The number of hydrogen-bond acceptors (Lipinski definition) is 3. The highest BCUT2D eigenvalue weighted by atomic mass is 19.1. The molecule has 0 atom stereocenters. The molecule has 3 rings (SSSR count). The molecule has 4 nitrogen and oxygen atoms in total. The van der Waals surface area contributed by atoms with Crippen molar-refractivity contribution in [3.63, 3.8) is 0 Å². The van der Waals surface area contributed by atoms with Crippen LogP contribution in [0.15, 0.2) is 66.9 Å². The van der Waals surface area contributed by atoms with Crippen molar-refractivity contribution in [1.29, 1.82) is 0 Å². The van der Waals surface area contributed by atoms with Gasteiger partial charge in [0.15, 0.2) is 0 Å². The van der Waals surface area contributed by atoms with Crippen molar-refractivity contribution in [3.05, 3.63) is 94.9 Å². The summed E-state index contributed by atoms with van der Waals surface area (Å²) in [5.41, 5.74) is 3.80. The second-order valence-corrected chi connectivity index (χ2v) is 6.36. The zero-order valence-electron chi connectivity index (χ0n) is 15.1. The number of aromatic nitrogens is 1. The summed E-state index contributed by atoms with van der Waals surface area (Å²) in [7, 11) is 0. The molecule has 2 aromatic carbocycles. The van der Waals surface area contributed by atoms with E-state index in [1.165, 1.54) is 17.7 Å². The van der Waals surface area contributed by atoms with Crippen LogP contribution in [0.1, 0.15) is 22.3 Å². The number of ether oxygens (including phenoxy) is 1. The van der Waals surface area contributed by atoms with Gasteiger partial charge in [0.25, 0.3) is 0 Å². The van der Waals surface area contributed by atoms with E-state index in [1.807, 2.05) is 37.3 Å². The molecular formula is C22H21FN2O2. The normalized spacial score (nSPS) is 10.4. The zero-order chi connectivity index (χ0) is 19.1. The van der Waals surface area contributed by atoms with Crippen molar-refractivity contribution in [2.24, 2.45) is 0 Å². The van der Waals surface area contributed by atoms with Crippen LogP contribution in [0.2, 0.25) is 0 Å². The maximum atomic E-state index is 13.2. The van der Waals surface area contributed by atoms with Gasteiger partial charge in [-0.25, -0.2) is 9.37 Å². The smallest absolute Gasteiger partial charge is 0.224 e. The first-order valence-electron chi connectivity index (χ1n) is 8.73. The van der Waals surface area contributed by atoms with Crippen LogP contribution in [0.4, 0.5) is 4.39 Å². The maximum Gasteiger partial charge on any atom is 0.224 e. The van der Waals surface area contributed by atoms with Crippen LogP contribution >= 0.6 is 0 Å². The average molecular weight is 364 g/mol. The molecule has 0 radical (unpaired) electrons. The highest BCUT2D eigenvalue weighted by Crippen LogP contribution is 2.12. The minimum Gasteiger partial charge on any atom is -0.473 e. The minimum absolute atomic E-state index is 0.139. The van der Waals surface area contributed by atoms with Crippen molar-refractivity contribution in [1.82, 2.24) is 10.3 Å². The molecule has 0 aliphatic carbocycles. The van der Waals surface area contributed by atoms with Crippen LogP contribution < -0.4 is 10.1 Å². The molecule has 1 N–H and O–H groups in total. The highest BCUT2D eigenvalue weighted by Gasteiger charge is 2.05. The molecule has 138 valence electrons. The Bertz CT molecular complexity index is 910. The Morgan fingerprint density at radius 1 is 1.04 bits per heavy atom. The summed E-state index contributed by atoms with van der Waals surface area (Å²) < 4.78 is 18.9. The second kappa shape index (κ2) is 8.94. The lowest BCUT2D eigenvalue weighted by molar-refractivity contribution is -0.120. The zero-order valence-corrected chi connectivity index (χ0v) is 15.1. The summed E-state index contributed by atoms with van der Waals surface area (Å²) in [4.78, 5) is 16.2. The summed E-state index contributed by atoms with van der Waals surface area (Å²) in [6.45, 7) is 2.83. The van der Waals surface area contributed by atoms with Crippen LogP contribution in [0.25, 0.3) is 0 Å². The number of nitrogens with zero attached hydrogens (tertiary/aromatic N) is 1. The lowest BCUT2D eigenvalue weighted by Gasteiger charge is -2.09. The molecule has 1 aromatic heterocycles. The van der Waals surface area contributed by atoms with Crippen LogP contribution in [0.3, 0.4) is 0 Å². The lowest BCUT2D eigenvalue weighted by atomic mass is 10.1. The molecule has 0 aliphatic heterocycles. The van der Waals surface area contributed by atoms with Crippen molar-refractivity contribution in [3.8, 4) is 5.88 Å². The van der Waals surface area contributed by atoms with Gasteiger partial charge in [0.2, 0.25) is 11.8 Å². The van der Waals surface area contributed by atoms with Crippen LogP contribution in [-0.4, -0.2) is 10.9 Å². The molecule has 0 fully saturated rings. The van der Waals surface area contributed by atoms with Crippen molar-refractivity contribution in [2.45, 2.75) is 26.5 Å². The standard InChI is InChI=1S/C22H21FN2O2/c1-16-5-7-17(8-6-16)15-27-22-13-19(9-10-24-22)14-25-21(26)12-18-3-2-4-20(23)11-18/h2-11,13H,12,14-15H2,1H3,(H,25,26). The Hall–Kier alpha value is -3.21. The van der Waals surface area contributed by atoms with E-state index in [0.29, 0.717) is 24.6 Å². The molecule has 0 saturated heterocycles. The van der Waals surface area contributed by atoms with Crippen LogP contribution in [0, 0.1) is 12.7 Å². The Balaban J connectivity index is 1.51. The third kappa shape index (κ3) is 5.92. The van der Waals surface area contributed by atoms with E-state index in [1.54, 1.807) is 24.4 Å². The Morgan fingerprint density at radius 2 is 1.85 bits per heavy atom. The van der Waals surface area contributed by atoms with Crippen LogP contribution in [-0.2, 0) is 24.4 Å². The molecule has 0 saturated carbocycles. The van der Waals surface area contributed by atoms with Gasteiger partial charge in [0.1, 0.15) is 12.4 Å². The monoisotopic (exact) mass is 364 g/mol. The fraction of sp³-hybridized carbons (Fsp3) is 0.182. The number of hydrogen-bond donors (Lipinski definition) is 1. The first kappa shape index (κ1) is 18.6. The van der Waals surface area contributed by atoms with Crippen LogP contribution in [0.5, 0.6) is 5.88 Å². The highest BCUT2D eigenvalue weighted by molar-refractivity contribution is 5.78. The number of pyridine rings is 1. The van der Waals surface area contributed by atoms with Gasteiger partial charge < -0.3 is 10.1 Å². The number of carbonyl (C=O) groups excluding carboxylic acids is 1. The van der Waals surface area contributed by atoms with Gasteiger partial charge >= 0.3 is 0 Å². The predicted octanol–water partition coefficient (Wildman–Crippen LogP) is 3.97. The van der Waals surface area contributed by atoms with Gasteiger partial charge in [-0.1, -0.05) is 42.0 Å². The quantitative estimate of drug-likeness (QED) is 0.690. The van der Waals surface area contributed by atoms with E-state index in [2.05, 4.69) is 10.3 Å². The molecule has 0 aliphatic rings. The molecule has 5 heteroatoms. The van der Waals surface area contributed by atoms with Gasteiger partial charge in [-0.05, 0) is 41.8 Å². The number of benzene rings is 2. The maximum absolute atomic E-state index is 13.2. The van der Waals surface area contributed by atoms with Gasteiger partial charge in [-0.15, -0.1) is 0 Å². The van der Waals surface area contributed by atoms with Gasteiger partial charge in [-0.2, -0.15) is 0 Å². The number of rotatable bonds is 7. The number of carbonyl (C=O) groups is 1. The number of aryl methyl sites for hydroxylation is 1. The molecule has 0 unspecified atom stereocenters. The summed E-state index contributed by atoms with van der Waals surface area (Å²) >= 11 is 0. The third-order valence-corrected chi connectivity index (χ3v) is 4.05. The van der Waals surface area contributed by atoms with E-state index >= 15 is 0 Å². The first-order chi connectivity index (χ1) is 13.1. The van der Waals surface area contributed by atoms with E-state index in [4.69, 9.17) is 4.74 Å². The number of amides is 1. The molecule has 1 heterocycles. The van der Waals surface area contributed by atoms with E-state index < -0.39 is 0 Å². The number of nitrogens with one attached hydrogen (secondary N) is 1. The summed E-state index contributed by atoms with van der Waals surface area (Å²) in [5, 5.41) is 2.83. The largest absolute Gasteiger partial charge is 0.473 e. The predicted molar refractivity (Wildman–Crippen MR) is 102 cm³/mol. The SMILES string of the molecule is Cc1ccc(COc2cc(CNC(=O)Cc3cccc(F)c3)ccn2)cc1. The molecule has 0 bridgehead atoms. The fourth-order valence-corrected chi connectivity index (χ4v) is 2.58. The lowest BCUT2D eigenvalue weighted by Crippen LogP contribution is -2.24. The van der Waals surface area contributed by atoms with Crippen molar-refractivity contribution < 1.29 is 13.9 Å². The first-order valence-corrected chi connectivity index (χ1v) is 8.73.